The SMILES string of the molecule is CCOC(=O)c1ccc2c(c1)nc(Nc1nc3cc(OC(F)(F)F)ccc3[nH]1)n2C. The van der Waals surface area contributed by atoms with Crippen LogP contribution in [0.1, 0.15) is 17.3 Å². The van der Waals surface area contributed by atoms with E-state index < -0.39 is 12.3 Å². The van der Waals surface area contributed by atoms with Crippen molar-refractivity contribution >= 4 is 39.9 Å². The molecule has 0 fully saturated rings. The molecule has 156 valence electrons. The first-order valence-corrected chi connectivity index (χ1v) is 8.89. The number of anilines is 2. The molecule has 2 heterocycles. The van der Waals surface area contributed by atoms with Gasteiger partial charge >= 0.3 is 12.3 Å². The Morgan fingerprint density at radius 3 is 2.70 bits per heavy atom. The van der Waals surface area contributed by atoms with Crippen LogP contribution in [0.5, 0.6) is 5.75 Å². The Morgan fingerprint density at radius 1 is 1.17 bits per heavy atom. The third-order valence-electron chi connectivity index (χ3n) is 4.31. The standard InChI is InChI=1S/C19H16F3N5O3/c1-3-29-16(28)10-4-7-15-14(8-10)25-18(27(15)2)26-17-23-12-6-5-11(9-13(12)24-17)30-19(20,21)22/h4-9H,3H2,1-2H3,(H2,23,24,25,26). The van der Waals surface area contributed by atoms with Crippen LogP contribution in [0.3, 0.4) is 0 Å². The smallest absolute Gasteiger partial charge is 0.462 e. The van der Waals surface area contributed by atoms with Crippen LogP contribution in [0.4, 0.5) is 25.1 Å². The first-order chi connectivity index (χ1) is 14.2. The lowest BCUT2D eigenvalue weighted by atomic mass is 10.2. The molecule has 0 aliphatic carbocycles. The molecular formula is C19H16F3N5O3. The molecule has 2 N–H and O–H groups in total. The number of hydrogen-bond donors (Lipinski definition) is 2. The van der Waals surface area contributed by atoms with Crippen LogP contribution < -0.4 is 10.1 Å². The second kappa shape index (κ2) is 7.25. The maximum atomic E-state index is 12.4. The molecule has 0 aliphatic rings. The number of nitrogens with one attached hydrogen (secondary N) is 2. The van der Waals surface area contributed by atoms with E-state index in [0.717, 1.165) is 5.52 Å². The van der Waals surface area contributed by atoms with Crippen molar-refractivity contribution in [3.05, 3.63) is 42.0 Å². The first-order valence-electron chi connectivity index (χ1n) is 8.89. The van der Waals surface area contributed by atoms with E-state index in [1.165, 1.54) is 18.2 Å². The van der Waals surface area contributed by atoms with Crippen LogP contribution in [-0.4, -0.2) is 38.5 Å². The topological polar surface area (TPSA) is 94.1 Å². The van der Waals surface area contributed by atoms with Crippen molar-refractivity contribution in [2.24, 2.45) is 7.05 Å². The number of aromatic nitrogens is 4. The number of ether oxygens (including phenoxy) is 2. The van der Waals surface area contributed by atoms with Gasteiger partial charge < -0.3 is 19.0 Å². The number of aryl methyl sites for hydroxylation is 1. The van der Waals surface area contributed by atoms with Gasteiger partial charge in [-0.15, -0.1) is 13.2 Å². The summed E-state index contributed by atoms with van der Waals surface area (Å²) in [7, 11) is 1.78. The summed E-state index contributed by atoms with van der Waals surface area (Å²) in [6, 6.07) is 8.84. The predicted octanol–water partition coefficient (Wildman–Crippen LogP) is 4.27. The van der Waals surface area contributed by atoms with Crippen LogP contribution in [0.15, 0.2) is 36.4 Å². The number of imidazole rings is 2. The second-order valence-electron chi connectivity index (χ2n) is 6.36. The molecule has 4 aromatic rings. The van der Waals surface area contributed by atoms with Gasteiger partial charge in [0.1, 0.15) is 5.75 Å². The van der Waals surface area contributed by atoms with Crippen LogP contribution in [0.2, 0.25) is 0 Å². The molecule has 0 saturated heterocycles. The van der Waals surface area contributed by atoms with Gasteiger partial charge in [-0.1, -0.05) is 0 Å². The predicted molar refractivity (Wildman–Crippen MR) is 103 cm³/mol. The molecule has 0 unspecified atom stereocenters. The maximum Gasteiger partial charge on any atom is 0.573 e. The molecule has 8 nitrogen and oxygen atoms in total. The quantitative estimate of drug-likeness (QED) is 0.469. The summed E-state index contributed by atoms with van der Waals surface area (Å²) >= 11 is 0. The summed E-state index contributed by atoms with van der Waals surface area (Å²) in [5.41, 5.74) is 2.54. The fraction of sp³-hybridized carbons (Fsp3) is 0.211. The Morgan fingerprint density at radius 2 is 1.97 bits per heavy atom. The molecular weight excluding hydrogens is 403 g/mol. The molecule has 2 aromatic carbocycles. The summed E-state index contributed by atoms with van der Waals surface area (Å²) in [6.45, 7) is 2.00. The van der Waals surface area contributed by atoms with Gasteiger partial charge in [0, 0.05) is 13.1 Å². The number of esters is 1. The fourth-order valence-corrected chi connectivity index (χ4v) is 3.00. The summed E-state index contributed by atoms with van der Waals surface area (Å²) < 4.78 is 47.9. The summed E-state index contributed by atoms with van der Waals surface area (Å²) in [4.78, 5) is 23.6. The van der Waals surface area contributed by atoms with Crippen molar-refractivity contribution in [3.8, 4) is 5.75 Å². The third-order valence-corrected chi connectivity index (χ3v) is 4.31. The number of nitrogens with zero attached hydrogens (tertiary/aromatic N) is 3. The summed E-state index contributed by atoms with van der Waals surface area (Å²) in [6.07, 6.45) is -4.78. The van der Waals surface area contributed by atoms with Crippen molar-refractivity contribution in [3.63, 3.8) is 0 Å². The third kappa shape index (κ3) is 3.86. The number of alkyl halides is 3. The van der Waals surface area contributed by atoms with Crippen molar-refractivity contribution in [2.75, 3.05) is 11.9 Å². The molecule has 0 amide bonds. The Kier molecular flexibility index (Phi) is 4.72. The Labute approximate surface area is 167 Å². The van der Waals surface area contributed by atoms with E-state index in [2.05, 4.69) is 25.0 Å². The minimum atomic E-state index is -4.78. The minimum absolute atomic E-state index is 0.271. The number of fused-ring (bicyclic) bond motifs is 2. The monoisotopic (exact) mass is 419 g/mol. The van der Waals surface area contributed by atoms with Crippen LogP contribution in [0.25, 0.3) is 22.1 Å². The molecule has 11 heteroatoms. The summed E-state index contributed by atoms with van der Waals surface area (Å²) in [5, 5.41) is 3.00. The number of hydrogen-bond acceptors (Lipinski definition) is 6. The van der Waals surface area contributed by atoms with Gasteiger partial charge in [0.2, 0.25) is 11.9 Å². The number of carbonyl (C=O) groups is 1. The minimum Gasteiger partial charge on any atom is -0.462 e. The largest absolute Gasteiger partial charge is 0.573 e. The normalized spacial score (nSPS) is 11.8. The zero-order valence-corrected chi connectivity index (χ0v) is 15.9. The average Bonchev–Trinajstić information content (AvgIpc) is 3.20. The Hall–Kier alpha value is -3.76. The lowest BCUT2D eigenvalue weighted by molar-refractivity contribution is -0.274. The lowest BCUT2D eigenvalue weighted by Crippen LogP contribution is -2.16. The molecule has 0 spiro atoms. The maximum absolute atomic E-state index is 12.4. The van der Waals surface area contributed by atoms with Crippen molar-refractivity contribution in [1.29, 1.82) is 0 Å². The number of carbonyl (C=O) groups excluding carboxylic acids is 1. The first kappa shape index (κ1) is 19.6. The highest BCUT2D eigenvalue weighted by molar-refractivity contribution is 5.94. The second-order valence-corrected chi connectivity index (χ2v) is 6.36. The molecule has 30 heavy (non-hydrogen) atoms. The summed E-state index contributed by atoms with van der Waals surface area (Å²) in [5.74, 6) is -0.0778. The van der Waals surface area contributed by atoms with Crippen LogP contribution >= 0.6 is 0 Å². The number of rotatable bonds is 5. The van der Waals surface area contributed by atoms with E-state index in [4.69, 9.17) is 4.74 Å². The van der Waals surface area contributed by atoms with Crippen molar-refractivity contribution in [2.45, 2.75) is 13.3 Å². The molecule has 0 bridgehead atoms. The Balaban J connectivity index is 1.62. The van der Waals surface area contributed by atoms with Crippen molar-refractivity contribution in [1.82, 2.24) is 19.5 Å². The highest BCUT2D eigenvalue weighted by Crippen LogP contribution is 2.27. The number of halogens is 3. The zero-order chi connectivity index (χ0) is 21.5. The number of benzene rings is 2. The van der Waals surface area contributed by atoms with Gasteiger partial charge in [-0.25, -0.2) is 14.8 Å². The molecule has 0 aliphatic heterocycles. The van der Waals surface area contributed by atoms with E-state index in [1.54, 1.807) is 36.7 Å². The number of H-pyrrole nitrogens is 1. The Bertz CT molecular complexity index is 1250. The van der Waals surface area contributed by atoms with Crippen LogP contribution in [0, 0.1) is 0 Å². The molecule has 4 rings (SSSR count). The van der Waals surface area contributed by atoms with E-state index in [-0.39, 0.29) is 18.3 Å². The van der Waals surface area contributed by atoms with Gasteiger partial charge in [-0.2, -0.15) is 0 Å². The van der Waals surface area contributed by atoms with Crippen molar-refractivity contribution < 1.29 is 27.4 Å². The average molecular weight is 419 g/mol. The van der Waals surface area contributed by atoms with Gasteiger partial charge in [0.05, 0.1) is 34.2 Å². The van der Waals surface area contributed by atoms with E-state index in [0.29, 0.717) is 28.1 Å². The van der Waals surface area contributed by atoms with E-state index in [9.17, 15) is 18.0 Å². The van der Waals surface area contributed by atoms with Crippen LogP contribution in [-0.2, 0) is 11.8 Å². The van der Waals surface area contributed by atoms with Gasteiger partial charge in [0.15, 0.2) is 0 Å². The molecule has 0 saturated carbocycles. The van der Waals surface area contributed by atoms with Gasteiger partial charge in [0.25, 0.3) is 0 Å². The lowest BCUT2D eigenvalue weighted by Gasteiger charge is -2.07. The fourth-order valence-electron chi connectivity index (χ4n) is 3.00. The molecule has 0 radical (unpaired) electrons. The zero-order valence-electron chi connectivity index (χ0n) is 15.9. The van der Waals surface area contributed by atoms with Gasteiger partial charge in [-0.05, 0) is 37.3 Å². The van der Waals surface area contributed by atoms with E-state index >= 15 is 0 Å². The highest BCUT2D eigenvalue weighted by Gasteiger charge is 2.31. The van der Waals surface area contributed by atoms with E-state index in [1.807, 2.05) is 0 Å². The highest BCUT2D eigenvalue weighted by atomic mass is 19.4. The van der Waals surface area contributed by atoms with Gasteiger partial charge in [-0.3, -0.25) is 5.32 Å². The number of aromatic amines is 1. The molecule has 0 atom stereocenters. The molecule has 2 aromatic heterocycles.